The summed E-state index contributed by atoms with van der Waals surface area (Å²) >= 11 is 0. The van der Waals surface area contributed by atoms with Gasteiger partial charge in [0, 0.05) is 0 Å². The van der Waals surface area contributed by atoms with E-state index in [1.165, 1.54) is 0 Å². The van der Waals surface area contributed by atoms with Crippen LogP contribution in [-0.4, -0.2) is 5.97 Å². The van der Waals surface area contributed by atoms with Crippen molar-refractivity contribution in [1.82, 2.24) is 0 Å². The fourth-order valence-electron chi connectivity index (χ4n) is 0.803. The molecule has 0 aliphatic heterocycles. The maximum Gasteiger partial charge on any atom is 1.00 e. The average Bonchev–Trinajstić information content (AvgIpc) is 1.87. The number of carbonyl (C=O) groups is 1. The van der Waals surface area contributed by atoms with Gasteiger partial charge in [0.05, 0.1) is 5.97 Å². The van der Waals surface area contributed by atoms with E-state index in [1.807, 2.05) is 13.8 Å². The summed E-state index contributed by atoms with van der Waals surface area (Å²) in [4.78, 5) is 10.3. The van der Waals surface area contributed by atoms with Gasteiger partial charge in [0.1, 0.15) is 0 Å². The van der Waals surface area contributed by atoms with Crippen LogP contribution in [0.1, 0.15) is 33.1 Å². The van der Waals surface area contributed by atoms with Crippen LogP contribution in [0.15, 0.2) is 11.6 Å². The fraction of sp³-hybridized carbons (Fsp3) is 0.625. The van der Waals surface area contributed by atoms with Gasteiger partial charge >= 0.3 is 29.6 Å². The van der Waals surface area contributed by atoms with Crippen LogP contribution < -0.4 is 34.7 Å². The summed E-state index contributed by atoms with van der Waals surface area (Å²) in [7, 11) is 0. The van der Waals surface area contributed by atoms with Gasteiger partial charge in [-0.1, -0.05) is 26.3 Å². The molecule has 0 aromatic rings. The number of hydrogen-bond donors (Lipinski definition) is 0. The van der Waals surface area contributed by atoms with Crippen molar-refractivity contribution in [3.05, 3.63) is 11.6 Å². The molecule has 0 aliphatic rings. The smallest absolute Gasteiger partial charge is 0.545 e. The van der Waals surface area contributed by atoms with E-state index < -0.39 is 5.97 Å². The van der Waals surface area contributed by atoms with Crippen molar-refractivity contribution in [2.75, 3.05) is 0 Å². The van der Waals surface area contributed by atoms with E-state index >= 15 is 0 Å². The van der Waals surface area contributed by atoms with Crippen molar-refractivity contribution >= 4 is 5.97 Å². The van der Waals surface area contributed by atoms with E-state index in [-0.39, 0.29) is 29.6 Å². The molecule has 0 amide bonds. The first-order valence-corrected chi connectivity index (χ1v) is 3.62. The summed E-state index contributed by atoms with van der Waals surface area (Å²) in [5.41, 5.74) is 0.435. The van der Waals surface area contributed by atoms with Crippen molar-refractivity contribution in [1.29, 1.82) is 0 Å². The zero-order valence-electron chi connectivity index (χ0n) is 7.52. The van der Waals surface area contributed by atoms with Gasteiger partial charge in [-0.2, -0.15) is 0 Å². The number of carboxylic acids is 1. The zero-order valence-corrected chi connectivity index (χ0v) is 9.52. The van der Waals surface area contributed by atoms with Gasteiger partial charge < -0.3 is 9.90 Å². The Morgan fingerprint density at radius 2 is 2.00 bits per heavy atom. The first-order chi connectivity index (χ1) is 4.72. The maximum atomic E-state index is 10.3. The Morgan fingerprint density at radius 1 is 1.45 bits per heavy atom. The molecule has 0 heterocycles. The Kier molecular flexibility index (Phi) is 10.4. The monoisotopic (exact) mass is 164 g/mol. The standard InChI is InChI=1S/C8H14O2.Na/c1-3-5-7(6-4-2)8(9)10;/h5H,3-4,6H2,1-2H3,(H,9,10);/q;+1/p-1/b7-5-;. The molecule has 0 bridgehead atoms. The summed E-state index contributed by atoms with van der Waals surface area (Å²) in [6, 6.07) is 0. The van der Waals surface area contributed by atoms with Crippen molar-refractivity contribution in [3.8, 4) is 0 Å². The van der Waals surface area contributed by atoms with Crippen LogP contribution in [0.2, 0.25) is 0 Å². The quantitative estimate of drug-likeness (QED) is 0.352. The molecule has 0 aromatic carbocycles. The SMILES string of the molecule is CC/C=C(/CCC)C(=O)[O-].[Na+]. The topological polar surface area (TPSA) is 40.1 Å². The van der Waals surface area contributed by atoms with Gasteiger partial charge in [0.25, 0.3) is 0 Å². The van der Waals surface area contributed by atoms with E-state index in [4.69, 9.17) is 0 Å². The molecular weight excluding hydrogens is 151 g/mol. The average molecular weight is 164 g/mol. The Hall–Kier alpha value is 0.210. The Bertz CT molecular complexity index is 141. The van der Waals surface area contributed by atoms with E-state index in [0.29, 0.717) is 12.0 Å². The third-order valence-electron chi connectivity index (χ3n) is 1.23. The first kappa shape index (κ1) is 13.8. The van der Waals surface area contributed by atoms with E-state index in [0.717, 1.165) is 12.8 Å². The molecular formula is C8H13NaO2. The minimum atomic E-state index is -1.02. The van der Waals surface area contributed by atoms with Crippen LogP contribution >= 0.6 is 0 Å². The second-order valence-electron chi connectivity index (χ2n) is 2.18. The van der Waals surface area contributed by atoms with Crippen LogP contribution in [-0.2, 0) is 4.79 Å². The minimum Gasteiger partial charge on any atom is -0.545 e. The first-order valence-electron chi connectivity index (χ1n) is 3.62. The van der Waals surface area contributed by atoms with Gasteiger partial charge in [-0.3, -0.25) is 0 Å². The zero-order chi connectivity index (χ0) is 7.98. The molecule has 0 saturated carbocycles. The molecule has 0 aliphatic carbocycles. The van der Waals surface area contributed by atoms with Crippen molar-refractivity contribution < 1.29 is 39.5 Å². The molecule has 0 N–H and O–H groups in total. The molecule has 0 fully saturated rings. The fourth-order valence-corrected chi connectivity index (χ4v) is 0.803. The van der Waals surface area contributed by atoms with Crippen molar-refractivity contribution in [2.24, 2.45) is 0 Å². The molecule has 2 nitrogen and oxygen atoms in total. The van der Waals surface area contributed by atoms with E-state index in [1.54, 1.807) is 6.08 Å². The second-order valence-corrected chi connectivity index (χ2v) is 2.18. The van der Waals surface area contributed by atoms with Crippen molar-refractivity contribution in [3.63, 3.8) is 0 Å². The molecule has 0 radical (unpaired) electrons. The van der Waals surface area contributed by atoms with Gasteiger partial charge in [0.15, 0.2) is 0 Å². The van der Waals surface area contributed by atoms with E-state index in [2.05, 4.69) is 0 Å². The van der Waals surface area contributed by atoms with Crippen LogP contribution in [0.4, 0.5) is 0 Å². The molecule has 0 unspecified atom stereocenters. The number of carboxylic acid groups (broad SMARTS) is 1. The Labute approximate surface area is 90.0 Å². The number of rotatable bonds is 4. The molecule has 58 valence electrons. The molecule has 0 rings (SSSR count). The summed E-state index contributed by atoms with van der Waals surface area (Å²) in [6.45, 7) is 3.87. The Morgan fingerprint density at radius 3 is 2.27 bits per heavy atom. The molecule has 11 heavy (non-hydrogen) atoms. The molecule has 0 aromatic heterocycles. The van der Waals surface area contributed by atoms with Crippen molar-refractivity contribution in [2.45, 2.75) is 33.1 Å². The number of hydrogen-bond acceptors (Lipinski definition) is 2. The summed E-state index contributed by atoms with van der Waals surface area (Å²) in [6.07, 6.45) is 3.96. The third-order valence-corrected chi connectivity index (χ3v) is 1.23. The summed E-state index contributed by atoms with van der Waals surface area (Å²) in [5, 5.41) is 10.3. The molecule has 0 spiro atoms. The van der Waals surface area contributed by atoms with Gasteiger partial charge in [-0.15, -0.1) is 0 Å². The second kappa shape index (κ2) is 8.31. The third kappa shape index (κ3) is 6.60. The predicted molar refractivity (Wildman–Crippen MR) is 38.3 cm³/mol. The van der Waals surface area contributed by atoms with Gasteiger partial charge in [0.2, 0.25) is 0 Å². The normalized spacial score (nSPS) is 10.5. The molecule has 0 atom stereocenters. The van der Waals surface area contributed by atoms with Crippen LogP contribution in [0.3, 0.4) is 0 Å². The minimum absolute atomic E-state index is 0. The molecule has 3 heteroatoms. The van der Waals surface area contributed by atoms with Gasteiger partial charge in [-0.25, -0.2) is 0 Å². The summed E-state index contributed by atoms with van der Waals surface area (Å²) < 4.78 is 0. The number of carbonyl (C=O) groups excluding carboxylic acids is 1. The predicted octanol–water partition coefficient (Wildman–Crippen LogP) is -2.12. The summed E-state index contributed by atoms with van der Waals surface area (Å²) in [5.74, 6) is -1.02. The maximum absolute atomic E-state index is 10.3. The number of aliphatic carboxylic acids is 1. The Balaban J connectivity index is 0. The molecule has 0 saturated heterocycles. The van der Waals surface area contributed by atoms with Crippen LogP contribution in [0.5, 0.6) is 0 Å². The van der Waals surface area contributed by atoms with Gasteiger partial charge in [-0.05, 0) is 18.4 Å². The largest absolute Gasteiger partial charge is 1.00 e. The number of allylic oxidation sites excluding steroid dienone is 1. The van der Waals surface area contributed by atoms with Crippen LogP contribution in [0.25, 0.3) is 0 Å². The van der Waals surface area contributed by atoms with Crippen LogP contribution in [0, 0.1) is 0 Å². The van der Waals surface area contributed by atoms with E-state index in [9.17, 15) is 9.90 Å².